The van der Waals surface area contributed by atoms with Gasteiger partial charge in [-0.05, 0) is 19.4 Å². The van der Waals surface area contributed by atoms with Gasteiger partial charge in [-0.25, -0.2) is 0 Å². The molecular formula is C18H26N2O. The van der Waals surface area contributed by atoms with E-state index in [1.54, 1.807) is 0 Å². The van der Waals surface area contributed by atoms with Gasteiger partial charge in [-0.1, -0.05) is 42.5 Å². The lowest BCUT2D eigenvalue weighted by molar-refractivity contribution is -0.134. The largest absolute Gasteiger partial charge is 0.335 e. The van der Waals surface area contributed by atoms with E-state index in [4.69, 9.17) is 0 Å². The van der Waals surface area contributed by atoms with Crippen LogP contribution < -0.4 is 0 Å². The van der Waals surface area contributed by atoms with Crippen LogP contribution in [0, 0.1) is 0 Å². The van der Waals surface area contributed by atoms with Gasteiger partial charge in [0.1, 0.15) is 0 Å². The van der Waals surface area contributed by atoms with E-state index in [0.29, 0.717) is 26.2 Å². The summed E-state index contributed by atoms with van der Waals surface area (Å²) in [5.41, 5.74) is 1.15. The fraction of sp³-hybridized carbons (Fsp3) is 0.389. The molecule has 0 aliphatic rings. The van der Waals surface area contributed by atoms with Crippen molar-refractivity contribution in [3.63, 3.8) is 0 Å². The Bertz CT molecular complexity index is 444. The molecule has 1 rings (SSSR count). The van der Waals surface area contributed by atoms with Crippen LogP contribution in [0.15, 0.2) is 55.6 Å². The van der Waals surface area contributed by atoms with Crippen LogP contribution in [0.1, 0.15) is 19.4 Å². The van der Waals surface area contributed by atoms with E-state index in [9.17, 15) is 4.79 Å². The van der Waals surface area contributed by atoms with Crippen molar-refractivity contribution < 1.29 is 4.79 Å². The zero-order chi connectivity index (χ0) is 15.7. The van der Waals surface area contributed by atoms with Crippen LogP contribution in [0.3, 0.4) is 0 Å². The SMILES string of the molecule is C=CCN(CC=C)CC(=O)N(Cc1ccccc1)C(C)C. The molecule has 0 N–H and O–H groups in total. The number of rotatable bonds is 9. The van der Waals surface area contributed by atoms with Crippen molar-refractivity contribution in [2.24, 2.45) is 0 Å². The number of carbonyl (C=O) groups excluding carboxylic acids is 1. The van der Waals surface area contributed by atoms with Gasteiger partial charge >= 0.3 is 0 Å². The number of amides is 1. The number of benzene rings is 1. The summed E-state index contributed by atoms with van der Waals surface area (Å²) in [5, 5.41) is 0. The van der Waals surface area contributed by atoms with Crippen molar-refractivity contribution in [3.05, 3.63) is 61.2 Å². The molecule has 0 radical (unpaired) electrons. The van der Waals surface area contributed by atoms with E-state index in [0.717, 1.165) is 5.56 Å². The Labute approximate surface area is 128 Å². The van der Waals surface area contributed by atoms with Gasteiger partial charge in [-0.3, -0.25) is 9.69 Å². The van der Waals surface area contributed by atoms with E-state index in [1.807, 2.05) is 66.1 Å². The summed E-state index contributed by atoms with van der Waals surface area (Å²) in [6, 6.07) is 10.3. The van der Waals surface area contributed by atoms with Crippen LogP contribution in [0.2, 0.25) is 0 Å². The van der Waals surface area contributed by atoms with Crippen molar-refractivity contribution in [1.29, 1.82) is 0 Å². The van der Waals surface area contributed by atoms with Gasteiger partial charge in [0, 0.05) is 25.7 Å². The molecule has 0 atom stereocenters. The summed E-state index contributed by atoms with van der Waals surface area (Å²) in [7, 11) is 0. The Morgan fingerprint density at radius 3 is 2.19 bits per heavy atom. The summed E-state index contributed by atoms with van der Waals surface area (Å²) in [5.74, 6) is 0.137. The Hall–Kier alpha value is -1.87. The third-order valence-corrected chi connectivity index (χ3v) is 3.27. The highest BCUT2D eigenvalue weighted by molar-refractivity contribution is 5.78. The van der Waals surface area contributed by atoms with Crippen LogP contribution in [0.5, 0.6) is 0 Å². The minimum atomic E-state index is 0.137. The highest BCUT2D eigenvalue weighted by Crippen LogP contribution is 2.09. The van der Waals surface area contributed by atoms with Gasteiger partial charge in [-0.2, -0.15) is 0 Å². The molecule has 0 aliphatic carbocycles. The highest BCUT2D eigenvalue weighted by atomic mass is 16.2. The van der Waals surface area contributed by atoms with Crippen LogP contribution in [0.25, 0.3) is 0 Å². The lowest BCUT2D eigenvalue weighted by Gasteiger charge is -2.29. The first-order valence-electron chi connectivity index (χ1n) is 7.36. The number of hydrogen-bond donors (Lipinski definition) is 0. The summed E-state index contributed by atoms with van der Waals surface area (Å²) in [4.78, 5) is 16.5. The molecule has 1 aromatic rings. The third-order valence-electron chi connectivity index (χ3n) is 3.27. The number of hydrogen-bond acceptors (Lipinski definition) is 2. The second-order valence-corrected chi connectivity index (χ2v) is 5.37. The van der Waals surface area contributed by atoms with Crippen molar-refractivity contribution in [2.75, 3.05) is 19.6 Å². The van der Waals surface area contributed by atoms with Crippen LogP contribution >= 0.6 is 0 Å². The van der Waals surface area contributed by atoms with Gasteiger partial charge in [0.25, 0.3) is 0 Å². The minimum absolute atomic E-state index is 0.137. The maximum Gasteiger partial charge on any atom is 0.237 e. The first-order valence-corrected chi connectivity index (χ1v) is 7.36. The second kappa shape index (κ2) is 9.14. The zero-order valence-corrected chi connectivity index (χ0v) is 13.2. The molecule has 0 unspecified atom stereocenters. The Kier molecular flexibility index (Phi) is 7.48. The van der Waals surface area contributed by atoms with Crippen molar-refractivity contribution >= 4 is 5.91 Å². The van der Waals surface area contributed by atoms with E-state index in [-0.39, 0.29) is 11.9 Å². The summed E-state index contributed by atoms with van der Waals surface area (Å²) in [6.07, 6.45) is 3.63. The molecule has 0 saturated heterocycles. The zero-order valence-electron chi connectivity index (χ0n) is 13.2. The molecule has 21 heavy (non-hydrogen) atoms. The van der Waals surface area contributed by atoms with E-state index in [1.165, 1.54) is 0 Å². The second-order valence-electron chi connectivity index (χ2n) is 5.37. The standard InChI is InChI=1S/C18H26N2O/c1-5-12-19(13-6-2)15-18(21)20(16(3)4)14-17-10-8-7-9-11-17/h5-11,16H,1-2,12-15H2,3-4H3. The molecule has 1 amide bonds. The maximum atomic E-state index is 12.6. The molecule has 0 bridgehead atoms. The Morgan fingerprint density at radius 2 is 1.71 bits per heavy atom. The first-order chi connectivity index (χ1) is 10.1. The molecule has 3 nitrogen and oxygen atoms in total. The lowest BCUT2D eigenvalue weighted by Crippen LogP contribution is -2.43. The van der Waals surface area contributed by atoms with Crippen molar-refractivity contribution in [2.45, 2.75) is 26.4 Å². The lowest BCUT2D eigenvalue weighted by atomic mass is 10.2. The topological polar surface area (TPSA) is 23.6 Å². The van der Waals surface area contributed by atoms with Crippen molar-refractivity contribution in [3.8, 4) is 0 Å². The van der Waals surface area contributed by atoms with Crippen molar-refractivity contribution in [1.82, 2.24) is 9.80 Å². The number of carbonyl (C=O) groups is 1. The third kappa shape index (κ3) is 5.96. The van der Waals surface area contributed by atoms with E-state index < -0.39 is 0 Å². The molecule has 0 spiro atoms. The van der Waals surface area contributed by atoms with E-state index in [2.05, 4.69) is 13.2 Å². The quantitative estimate of drug-likeness (QED) is 0.651. The van der Waals surface area contributed by atoms with Gasteiger partial charge in [0.15, 0.2) is 0 Å². The van der Waals surface area contributed by atoms with E-state index >= 15 is 0 Å². The minimum Gasteiger partial charge on any atom is -0.335 e. The predicted octanol–water partition coefficient (Wildman–Crippen LogP) is 3.10. The summed E-state index contributed by atoms with van der Waals surface area (Å²) < 4.78 is 0. The molecule has 0 aliphatic heterocycles. The normalized spacial score (nSPS) is 10.7. The fourth-order valence-electron chi connectivity index (χ4n) is 2.19. The van der Waals surface area contributed by atoms with Crippen LogP contribution in [-0.4, -0.2) is 41.4 Å². The molecule has 0 heterocycles. The molecule has 114 valence electrons. The number of nitrogens with zero attached hydrogens (tertiary/aromatic N) is 2. The average Bonchev–Trinajstić information content (AvgIpc) is 2.46. The molecule has 0 fully saturated rings. The molecule has 0 aromatic heterocycles. The molecular weight excluding hydrogens is 260 g/mol. The fourth-order valence-corrected chi connectivity index (χ4v) is 2.19. The maximum absolute atomic E-state index is 12.6. The summed E-state index contributed by atoms with van der Waals surface area (Å²) >= 11 is 0. The average molecular weight is 286 g/mol. The van der Waals surface area contributed by atoms with Gasteiger partial charge in [0.05, 0.1) is 6.54 Å². The highest BCUT2D eigenvalue weighted by Gasteiger charge is 2.19. The smallest absolute Gasteiger partial charge is 0.237 e. The first kappa shape index (κ1) is 17.2. The van der Waals surface area contributed by atoms with Crippen LogP contribution in [0.4, 0.5) is 0 Å². The van der Waals surface area contributed by atoms with Gasteiger partial charge in [-0.15, -0.1) is 13.2 Å². The molecule has 0 saturated carbocycles. The Balaban J connectivity index is 2.72. The molecule has 3 heteroatoms. The monoisotopic (exact) mass is 286 g/mol. The summed E-state index contributed by atoms with van der Waals surface area (Å²) in [6.45, 7) is 14.0. The van der Waals surface area contributed by atoms with Gasteiger partial charge < -0.3 is 4.90 Å². The van der Waals surface area contributed by atoms with Gasteiger partial charge in [0.2, 0.25) is 5.91 Å². The van der Waals surface area contributed by atoms with Crippen LogP contribution in [-0.2, 0) is 11.3 Å². The molecule has 1 aromatic carbocycles. The Morgan fingerprint density at radius 1 is 1.14 bits per heavy atom. The predicted molar refractivity (Wildman–Crippen MR) is 89.0 cm³/mol.